The molecule has 0 saturated carbocycles. The quantitative estimate of drug-likeness (QED) is 0.943. The lowest BCUT2D eigenvalue weighted by atomic mass is 10.1. The molecule has 2 heterocycles. The number of rotatable bonds is 4. The predicted molar refractivity (Wildman–Crippen MR) is 88.0 cm³/mol. The molecule has 2 aromatic rings. The average Bonchev–Trinajstić information content (AvgIpc) is 3.08. The molecule has 0 radical (unpaired) electrons. The summed E-state index contributed by atoms with van der Waals surface area (Å²) in [6.07, 6.45) is 4.11. The molecule has 114 valence electrons. The molecule has 0 aliphatic carbocycles. The van der Waals surface area contributed by atoms with E-state index in [0.717, 1.165) is 24.3 Å². The van der Waals surface area contributed by atoms with E-state index in [1.807, 2.05) is 25.1 Å². The Bertz CT molecular complexity index is 646. The topological polar surface area (TPSA) is 45.2 Å². The van der Waals surface area contributed by atoms with Gasteiger partial charge in [-0.25, -0.2) is 0 Å². The first kappa shape index (κ1) is 14.6. The van der Waals surface area contributed by atoms with Gasteiger partial charge in [0.05, 0.1) is 5.56 Å². The van der Waals surface area contributed by atoms with Gasteiger partial charge in [0, 0.05) is 37.2 Å². The number of hydrogen-bond donors (Lipinski definition) is 1. The van der Waals surface area contributed by atoms with Gasteiger partial charge in [0.1, 0.15) is 0 Å². The SMILES string of the molecule is Cc1ccc(C(=O)NCc2ccccc2N2CCCC2)cn1. The number of amides is 1. The fraction of sp³-hybridized carbons (Fsp3) is 0.333. The van der Waals surface area contributed by atoms with Crippen molar-refractivity contribution < 1.29 is 4.79 Å². The molecule has 1 amide bonds. The Balaban J connectivity index is 1.68. The number of para-hydroxylation sites is 1. The van der Waals surface area contributed by atoms with Crippen LogP contribution in [0.4, 0.5) is 5.69 Å². The van der Waals surface area contributed by atoms with Gasteiger partial charge < -0.3 is 10.2 Å². The van der Waals surface area contributed by atoms with Crippen molar-refractivity contribution in [3.05, 3.63) is 59.4 Å². The third kappa shape index (κ3) is 3.27. The Hall–Kier alpha value is -2.36. The number of anilines is 1. The first-order chi connectivity index (χ1) is 10.7. The van der Waals surface area contributed by atoms with Crippen LogP contribution in [0.25, 0.3) is 0 Å². The monoisotopic (exact) mass is 295 g/mol. The molecule has 1 aliphatic heterocycles. The molecule has 0 unspecified atom stereocenters. The third-order valence-corrected chi connectivity index (χ3v) is 4.05. The Morgan fingerprint density at radius 2 is 1.95 bits per heavy atom. The number of nitrogens with zero attached hydrogens (tertiary/aromatic N) is 2. The van der Waals surface area contributed by atoms with E-state index in [2.05, 4.69) is 33.4 Å². The molecule has 0 bridgehead atoms. The lowest BCUT2D eigenvalue weighted by Crippen LogP contribution is -2.25. The van der Waals surface area contributed by atoms with Crippen LogP contribution in [0, 0.1) is 6.92 Å². The van der Waals surface area contributed by atoms with Gasteiger partial charge in [0.15, 0.2) is 0 Å². The minimum atomic E-state index is -0.0799. The zero-order chi connectivity index (χ0) is 15.4. The number of aryl methyl sites for hydroxylation is 1. The molecule has 1 aromatic carbocycles. The second kappa shape index (κ2) is 6.60. The first-order valence-corrected chi connectivity index (χ1v) is 7.78. The summed E-state index contributed by atoms with van der Waals surface area (Å²) in [6.45, 7) is 4.66. The van der Waals surface area contributed by atoms with Crippen molar-refractivity contribution in [2.75, 3.05) is 18.0 Å². The molecular weight excluding hydrogens is 274 g/mol. The van der Waals surface area contributed by atoms with Crippen LogP contribution < -0.4 is 10.2 Å². The van der Waals surface area contributed by atoms with E-state index in [4.69, 9.17) is 0 Å². The van der Waals surface area contributed by atoms with Gasteiger partial charge in [-0.15, -0.1) is 0 Å². The molecular formula is C18H21N3O. The third-order valence-electron chi connectivity index (χ3n) is 4.05. The van der Waals surface area contributed by atoms with Crippen LogP contribution in [0.1, 0.15) is 34.5 Å². The molecule has 1 fully saturated rings. The lowest BCUT2D eigenvalue weighted by molar-refractivity contribution is 0.0950. The van der Waals surface area contributed by atoms with Gasteiger partial charge in [-0.2, -0.15) is 0 Å². The Morgan fingerprint density at radius 3 is 2.68 bits per heavy atom. The van der Waals surface area contributed by atoms with Crippen molar-refractivity contribution in [2.24, 2.45) is 0 Å². The van der Waals surface area contributed by atoms with Crippen molar-refractivity contribution in [1.29, 1.82) is 0 Å². The minimum absolute atomic E-state index is 0.0799. The fourth-order valence-electron chi connectivity index (χ4n) is 2.81. The predicted octanol–water partition coefficient (Wildman–Crippen LogP) is 2.92. The lowest BCUT2D eigenvalue weighted by Gasteiger charge is -2.21. The smallest absolute Gasteiger partial charge is 0.253 e. The molecule has 1 saturated heterocycles. The molecule has 1 aliphatic rings. The van der Waals surface area contributed by atoms with Crippen molar-refractivity contribution >= 4 is 11.6 Å². The highest BCUT2D eigenvalue weighted by atomic mass is 16.1. The summed E-state index contributed by atoms with van der Waals surface area (Å²) in [5.41, 5.74) is 3.92. The summed E-state index contributed by atoms with van der Waals surface area (Å²) in [5.74, 6) is -0.0799. The standard InChI is InChI=1S/C18H21N3O/c1-14-8-9-16(13-19-14)18(22)20-12-15-6-2-3-7-17(15)21-10-4-5-11-21/h2-3,6-9,13H,4-5,10-12H2,1H3,(H,20,22). The van der Waals surface area contributed by atoms with Crippen LogP contribution >= 0.6 is 0 Å². The van der Waals surface area contributed by atoms with Crippen LogP contribution in [-0.2, 0) is 6.54 Å². The van der Waals surface area contributed by atoms with Gasteiger partial charge in [0.25, 0.3) is 5.91 Å². The summed E-state index contributed by atoms with van der Waals surface area (Å²) in [4.78, 5) is 18.8. The Labute approximate surface area is 131 Å². The number of carbonyl (C=O) groups excluding carboxylic acids is 1. The van der Waals surface area contributed by atoms with E-state index < -0.39 is 0 Å². The maximum atomic E-state index is 12.2. The zero-order valence-electron chi connectivity index (χ0n) is 12.9. The van der Waals surface area contributed by atoms with Crippen molar-refractivity contribution in [2.45, 2.75) is 26.3 Å². The normalized spacial score (nSPS) is 14.1. The van der Waals surface area contributed by atoms with Crippen LogP contribution in [-0.4, -0.2) is 24.0 Å². The zero-order valence-corrected chi connectivity index (χ0v) is 12.9. The van der Waals surface area contributed by atoms with E-state index in [1.165, 1.54) is 18.5 Å². The highest BCUT2D eigenvalue weighted by Crippen LogP contribution is 2.24. The van der Waals surface area contributed by atoms with Gasteiger partial charge in [0.2, 0.25) is 0 Å². The second-order valence-electron chi connectivity index (χ2n) is 5.69. The highest BCUT2D eigenvalue weighted by Gasteiger charge is 2.15. The Morgan fingerprint density at radius 1 is 1.18 bits per heavy atom. The van der Waals surface area contributed by atoms with E-state index in [-0.39, 0.29) is 5.91 Å². The molecule has 1 N–H and O–H groups in total. The van der Waals surface area contributed by atoms with Gasteiger partial charge >= 0.3 is 0 Å². The summed E-state index contributed by atoms with van der Waals surface area (Å²) in [7, 11) is 0. The molecule has 4 nitrogen and oxygen atoms in total. The first-order valence-electron chi connectivity index (χ1n) is 7.78. The highest BCUT2D eigenvalue weighted by molar-refractivity contribution is 5.93. The maximum Gasteiger partial charge on any atom is 0.253 e. The fourth-order valence-corrected chi connectivity index (χ4v) is 2.81. The summed E-state index contributed by atoms with van der Waals surface area (Å²) >= 11 is 0. The number of aromatic nitrogens is 1. The van der Waals surface area contributed by atoms with Gasteiger partial charge in [-0.3, -0.25) is 9.78 Å². The Kier molecular flexibility index (Phi) is 4.37. The second-order valence-corrected chi connectivity index (χ2v) is 5.69. The van der Waals surface area contributed by atoms with Crippen molar-refractivity contribution in [1.82, 2.24) is 10.3 Å². The molecule has 3 rings (SSSR count). The number of pyridine rings is 1. The summed E-state index contributed by atoms with van der Waals surface area (Å²) in [5, 5.41) is 2.99. The van der Waals surface area contributed by atoms with Crippen molar-refractivity contribution in [3.63, 3.8) is 0 Å². The number of carbonyl (C=O) groups is 1. The average molecular weight is 295 g/mol. The molecule has 22 heavy (non-hydrogen) atoms. The number of benzene rings is 1. The molecule has 0 atom stereocenters. The van der Waals surface area contributed by atoms with Crippen molar-refractivity contribution in [3.8, 4) is 0 Å². The van der Waals surface area contributed by atoms with E-state index >= 15 is 0 Å². The minimum Gasteiger partial charge on any atom is -0.371 e. The number of hydrogen-bond acceptors (Lipinski definition) is 3. The van der Waals surface area contributed by atoms with E-state index in [1.54, 1.807) is 6.20 Å². The summed E-state index contributed by atoms with van der Waals surface area (Å²) in [6, 6.07) is 12.0. The largest absolute Gasteiger partial charge is 0.371 e. The van der Waals surface area contributed by atoms with Gasteiger partial charge in [-0.05, 0) is 43.5 Å². The van der Waals surface area contributed by atoms with E-state index in [0.29, 0.717) is 12.1 Å². The molecule has 4 heteroatoms. The maximum absolute atomic E-state index is 12.2. The van der Waals surface area contributed by atoms with Crippen LogP contribution in [0.5, 0.6) is 0 Å². The number of nitrogens with one attached hydrogen (secondary N) is 1. The van der Waals surface area contributed by atoms with Crippen LogP contribution in [0.2, 0.25) is 0 Å². The molecule has 0 spiro atoms. The molecule has 1 aromatic heterocycles. The summed E-state index contributed by atoms with van der Waals surface area (Å²) < 4.78 is 0. The van der Waals surface area contributed by atoms with Gasteiger partial charge in [-0.1, -0.05) is 18.2 Å². The van der Waals surface area contributed by atoms with Crippen LogP contribution in [0.15, 0.2) is 42.6 Å². The van der Waals surface area contributed by atoms with Crippen LogP contribution in [0.3, 0.4) is 0 Å². The van der Waals surface area contributed by atoms with E-state index in [9.17, 15) is 4.79 Å².